The van der Waals surface area contributed by atoms with E-state index in [1.165, 1.54) is 69.2 Å². The van der Waals surface area contributed by atoms with Crippen LogP contribution in [0.15, 0.2) is 29.2 Å². The van der Waals surface area contributed by atoms with Crippen molar-refractivity contribution < 1.29 is 18.4 Å². The molecule has 3 aliphatic rings. The summed E-state index contributed by atoms with van der Waals surface area (Å²) in [5.74, 6) is 0. The summed E-state index contributed by atoms with van der Waals surface area (Å²) in [7, 11) is -4.10. The Morgan fingerprint density at radius 3 is 1.40 bits per heavy atom. The quantitative estimate of drug-likeness (QED) is 0.112. The molecule has 1 aromatic carbocycles. The van der Waals surface area contributed by atoms with Crippen LogP contribution in [-0.2, 0) is 16.5 Å². The van der Waals surface area contributed by atoms with Crippen molar-refractivity contribution in [2.24, 2.45) is 0 Å². The number of rotatable bonds is 15. The molecule has 0 atom stereocenters. The van der Waals surface area contributed by atoms with Crippen LogP contribution in [0.3, 0.4) is 0 Å². The van der Waals surface area contributed by atoms with E-state index in [9.17, 15) is 13.0 Å². The van der Waals surface area contributed by atoms with E-state index in [4.69, 9.17) is 0 Å². The first-order chi connectivity index (χ1) is 20.0. The van der Waals surface area contributed by atoms with Crippen LogP contribution < -0.4 is 0 Å². The third kappa shape index (κ3) is 14.3. The minimum Gasteiger partial charge on any atom is -0.412 e. The molecule has 3 fully saturated rings. The maximum atomic E-state index is 11.3. The average molecular weight is 713 g/mol. The monoisotopic (exact) mass is 713 g/mol. The molecule has 4 nitrogen and oxygen atoms in total. The van der Waals surface area contributed by atoms with Gasteiger partial charge in [0.2, 0.25) is 0 Å². The molecule has 0 amide bonds. The summed E-state index contributed by atoms with van der Waals surface area (Å²) in [6.45, 7) is 2.24. The Kier molecular flexibility index (Phi) is 20.3. The Morgan fingerprint density at radius 2 is 1.00 bits per heavy atom. The second-order valence-electron chi connectivity index (χ2n) is 13.5. The van der Waals surface area contributed by atoms with E-state index in [0.29, 0.717) is 6.42 Å². The molecular formula is C36H65O4SSn. The summed E-state index contributed by atoms with van der Waals surface area (Å²) >= 11 is -1.15. The SMILES string of the molecule is C1CC[CH]([Sn]([CH]2CCCCC2)[CH]2CCCCC2)CC1.CCCCCCCCCCCCc1ccccc1S(=O)(=O)O.O. The summed E-state index contributed by atoms with van der Waals surface area (Å²) in [4.78, 5) is 0.0610. The molecule has 1 aromatic rings. The van der Waals surface area contributed by atoms with E-state index in [1.54, 1.807) is 108 Å². The van der Waals surface area contributed by atoms with Gasteiger partial charge in [-0.2, -0.15) is 8.42 Å². The zero-order valence-corrected chi connectivity index (χ0v) is 30.8. The molecule has 3 aliphatic carbocycles. The van der Waals surface area contributed by atoms with E-state index < -0.39 is 29.9 Å². The number of benzene rings is 1. The van der Waals surface area contributed by atoms with Crippen LogP contribution in [0.4, 0.5) is 0 Å². The van der Waals surface area contributed by atoms with Gasteiger partial charge in [0.25, 0.3) is 10.1 Å². The third-order valence-corrected chi connectivity index (χ3v) is 24.3. The van der Waals surface area contributed by atoms with E-state index in [1.807, 2.05) is 6.07 Å². The summed E-state index contributed by atoms with van der Waals surface area (Å²) < 4.78 is 35.8. The first-order valence-electron chi connectivity index (χ1n) is 17.9. The van der Waals surface area contributed by atoms with Crippen molar-refractivity contribution in [1.82, 2.24) is 0 Å². The summed E-state index contributed by atoms with van der Waals surface area (Å²) in [6.07, 6.45) is 37.5. The average Bonchev–Trinajstić information content (AvgIpc) is 3.00. The maximum Gasteiger partial charge on any atom is 0.294 e. The minimum atomic E-state index is -4.10. The molecule has 0 aliphatic heterocycles. The predicted octanol–water partition coefficient (Wildman–Crippen LogP) is 11.1. The number of unbranched alkanes of at least 4 members (excludes halogenated alkanes) is 9. The van der Waals surface area contributed by atoms with Gasteiger partial charge in [0.15, 0.2) is 0 Å². The van der Waals surface area contributed by atoms with Crippen molar-refractivity contribution >= 4 is 29.9 Å². The molecule has 4 rings (SSSR count). The van der Waals surface area contributed by atoms with Crippen molar-refractivity contribution in [1.29, 1.82) is 0 Å². The number of hydrogen-bond donors (Lipinski definition) is 1. The van der Waals surface area contributed by atoms with Crippen LogP contribution in [0.5, 0.6) is 0 Å². The van der Waals surface area contributed by atoms with Crippen molar-refractivity contribution in [3.05, 3.63) is 29.8 Å². The number of hydrogen-bond acceptors (Lipinski definition) is 2. The van der Waals surface area contributed by atoms with Crippen LogP contribution in [0.25, 0.3) is 0 Å². The molecule has 0 aromatic heterocycles. The van der Waals surface area contributed by atoms with Crippen LogP contribution in [0.2, 0.25) is 11.8 Å². The first-order valence-corrected chi connectivity index (χ1v) is 24.3. The van der Waals surface area contributed by atoms with E-state index >= 15 is 0 Å². The third-order valence-electron chi connectivity index (χ3n) is 10.3. The summed E-state index contributed by atoms with van der Waals surface area (Å²) in [6, 6.07) is 6.73. The van der Waals surface area contributed by atoms with Gasteiger partial charge in [0.05, 0.1) is 4.90 Å². The Labute approximate surface area is 267 Å². The van der Waals surface area contributed by atoms with Crippen LogP contribution in [0.1, 0.15) is 173 Å². The van der Waals surface area contributed by atoms with Gasteiger partial charge in [-0.15, -0.1) is 0 Å². The van der Waals surface area contributed by atoms with Gasteiger partial charge in [-0.25, -0.2) is 0 Å². The van der Waals surface area contributed by atoms with Gasteiger partial charge in [-0.05, 0) is 24.5 Å². The van der Waals surface area contributed by atoms with E-state index in [2.05, 4.69) is 6.92 Å². The van der Waals surface area contributed by atoms with E-state index in [-0.39, 0.29) is 10.4 Å². The zero-order chi connectivity index (χ0) is 29.2. The molecule has 6 heteroatoms. The van der Waals surface area contributed by atoms with Gasteiger partial charge in [0.1, 0.15) is 0 Å². The second kappa shape index (κ2) is 22.4. The molecule has 1 radical (unpaired) electrons. The topological polar surface area (TPSA) is 85.9 Å². The molecule has 0 saturated heterocycles. The molecule has 0 bridgehead atoms. The predicted molar refractivity (Wildman–Crippen MR) is 182 cm³/mol. The van der Waals surface area contributed by atoms with Gasteiger partial charge >= 0.3 is 128 Å². The van der Waals surface area contributed by atoms with Crippen molar-refractivity contribution in [3.8, 4) is 0 Å². The van der Waals surface area contributed by atoms with Crippen LogP contribution in [0, 0.1) is 0 Å². The number of aryl methyl sites for hydroxylation is 1. The van der Waals surface area contributed by atoms with Gasteiger partial charge in [-0.3, -0.25) is 4.55 Å². The molecule has 3 saturated carbocycles. The Hall–Kier alpha value is -0.111. The molecule has 42 heavy (non-hydrogen) atoms. The van der Waals surface area contributed by atoms with Crippen molar-refractivity contribution in [2.45, 2.75) is 191 Å². The van der Waals surface area contributed by atoms with Gasteiger partial charge < -0.3 is 5.48 Å². The minimum absolute atomic E-state index is 0. The van der Waals surface area contributed by atoms with Crippen molar-refractivity contribution in [2.75, 3.05) is 0 Å². The molecule has 0 heterocycles. The zero-order valence-electron chi connectivity index (χ0n) is 27.1. The van der Waals surface area contributed by atoms with Crippen LogP contribution in [-0.4, -0.2) is 38.2 Å². The normalized spacial score (nSPS) is 19.2. The molecule has 0 unspecified atom stereocenters. The van der Waals surface area contributed by atoms with Crippen LogP contribution >= 0.6 is 0 Å². The smallest absolute Gasteiger partial charge is 0.294 e. The Balaban J connectivity index is 0.000000289. The molecule has 3 N–H and O–H groups in total. The molecule has 0 spiro atoms. The molecule has 243 valence electrons. The Morgan fingerprint density at radius 1 is 0.619 bits per heavy atom. The summed E-state index contributed by atoms with van der Waals surface area (Å²) in [5, 5.41) is 0. The Bertz CT molecular complexity index is 860. The fourth-order valence-electron chi connectivity index (χ4n) is 8.07. The van der Waals surface area contributed by atoms with Crippen molar-refractivity contribution in [3.63, 3.8) is 0 Å². The molecular weight excluding hydrogens is 647 g/mol. The maximum absolute atomic E-state index is 11.3. The fourth-order valence-corrected chi connectivity index (χ4v) is 23.7. The first kappa shape index (κ1) is 38.1. The standard InChI is InChI=1S/C18H30O3S.3C6H11.H2O.Sn/c1-2-3-4-5-6-7-8-9-10-11-14-17-15-12-13-16-18(17)22(19,20)21;3*1-2-4-6-5-3-1;;/h12-13,15-16H,2-11,14H2,1H3,(H,19,20,21);3*1H,2-6H2;1H2;. The summed E-state index contributed by atoms with van der Waals surface area (Å²) in [5.41, 5.74) is 0.726. The van der Waals surface area contributed by atoms with Gasteiger partial charge in [-0.1, -0.05) is 82.9 Å². The second-order valence-corrected chi connectivity index (χ2v) is 24.8. The van der Waals surface area contributed by atoms with Gasteiger partial charge in [0, 0.05) is 0 Å². The fraction of sp³-hybridized carbons (Fsp3) is 0.833. The largest absolute Gasteiger partial charge is 0.412 e. The van der Waals surface area contributed by atoms with E-state index in [0.717, 1.165) is 18.4 Å².